The number of ether oxygens (including phenoxy) is 1. The van der Waals surface area contributed by atoms with E-state index in [1.807, 2.05) is 24.3 Å². The van der Waals surface area contributed by atoms with Crippen molar-refractivity contribution in [1.82, 2.24) is 10.6 Å². The predicted octanol–water partition coefficient (Wildman–Crippen LogP) is 1.69. The monoisotopic (exact) mass is 293 g/mol. The molecule has 0 saturated carbocycles. The summed E-state index contributed by atoms with van der Waals surface area (Å²) < 4.78 is 4.79. The normalized spacial score (nSPS) is 10.3. The van der Waals surface area contributed by atoms with Crippen molar-refractivity contribution in [2.75, 3.05) is 32.1 Å². The fraction of sp³-hybridized carbons (Fsp3) is 0.467. The van der Waals surface area contributed by atoms with Crippen LogP contribution in [0.3, 0.4) is 0 Å². The maximum Gasteiger partial charge on any atom is 0.321 e. The summed E-state index contributed by atoms with van der Waals surface area (Å²) in [6.07, 6.45) is 0. The van der Waals surface area contributed by atoms with Crippen LogP contribution in [0.4, 0.5) is 10.5 Å². The highest BCUT2D eigenvalue weighted by Gasteiger charge is 2.06. The van der Waals surface area contributed by atoms with Crippen LogP contribution in [0.15, 0.2) is 24.3 Å². The highest BCUT2D eigenvalue weighted by Crippen LogP contribution is 2.16. The lowest BCUT2D eigenvalue weighted by molar-refractivity contribution is -0.118. The van der Waals surface area contributed by atoms with Gasteiger partial charge in [-0.15, -0.1) is 0 Å². The van der Waals surface area contributed by atoms with Crippen molar-refractivity contribution >= 4 is 17.6 Å². The van der Waals surface area contributed by atoms with Gasteiger partial charge < -0.3 is 15.4 Å². The number of anilines is 1. The standard InChI is InChI=1S/C15H23N3O3/c1-11(2)12-4-6-13(7-5-12)17-10-14(19)18-15(20)16-8-9-21-3/h4-7,11,17H,8-10H2,1-3H3,(H2,16,18,19,20). The van der Waals surface area contributed by atoms with Gasteiger partial charge in [-0.1, -0.05) is 26.0 Å². The van der Waals surface area contributed by atoms with Gasteiger partial charge in [0, 0.05) is 19.3 Å². The van der Waals surface area contributed by atoms with Crippen LogP contribution < -0.4 is 16.0 Å². The van der Waals surface area contributed by atoms with Gasteiger partial charge >= 0.3 is 6.03 Å². The van der Waals surface area contributed by atoms with Crippen LogP contribution in [0, 0.1) is 0 Å². The second-order valence-electron chi connectivity index (χ2n) is 4.93. The third-order valence-electron chi connectivity index (χ3n) is 2.88. The van der Waals surface area contributed by atoms with Gasteiger partial charge in [0.05, 0.1) is 13.2 Å². The second kappa shape index (κ2) is 8.97. The Kier molecular flexibility index (Phi) is 7.25. The van der Waals surface area contributed by atoms with E-state index >= 15 is 0 Å². The molecule has 0 aromatic heterocycles. The molecule has 0 saturated heterocycles. The van der Waals surface area contributed by atoms with Crippen LogP contribution in [-0.4, -0.2) is 38.7 Å². The van der Waals surface area contributed by atoms with Crippen molar-refractivity contribution in [1.29, 1.82) is 0 Å². The van der Waals surface area contributed by atoms with E-state index in [-0.39, 0.29) is 6.54 Å². The van der Waals surface area contributed by atoms with E-state index in [2.05, 4.69) is 29.8 Å². The zero-order valence-electron chi connectivity index (χ0n) is 12.7. The lowest BCUT2D eigenvalue weighted by Gasteiger charge is -2.10. The molecule has 0 radical (unpaired) electrons. The number of benzene rings is 1. The molecule has 0 aliphatic heterocycles. The van der Waals surface area contributed by atoms with E-state index in [1.165, 1.54) is 5.56 Å². The summed E-state index contributed by atoms with van der Waals surface area (Å²) in [5, 5.41) is 7.71. The molecule has 1 aromatic carbocycles. The minimum absolute atomic E-state index is 0.0404. The molecule has 1 aromatic rings. The molecule has 1 rings (SSSR count). The predicted molar refractivity (Wildman–Crippen MR) is 82.4 cm³/mol. The maximum atomic E-state index is 11.6. The first-order valence-corrected chi connectivity index (χ1v) is 6.93. The van der Waals surface area contributed by atoms with Gasteiger partial charge in [-0.3, -0.25) is 10.1 Å². The van der Waals surface area contributed by atoms with Crippen LogP contribution in [-0.2, 0) is 9.53 Å². The minimum atomic E-state index is -0.519. The molecule has 0 aliphatic rings. The van der Waals surface area contributed by atoms with Crippen LogP contribution in [0.2, 0.25) is 0 Å². The first-order chi connectivity index (χ1) is 10.0. The smallest absolute Gasteiger partial charge is 0.321 e. The van der Waals surface area contributed by atoms with E-state index in [0.717, 1.165) is 5.69 Å². The van der Waals surface area contributed by atoms with Crippen LogP contribution >= 0.6 is 0 Å². The lowest BCUT2D eigenvalue weighted by Crippen LogP contribution is -2.42. The Bertz CT molecular complexity index is 458. The number of methoxy groups -OCH3 is 1. The molecule has 0 aliphatic carbocycles. The maximum absolute atomic E-state index is 11.6. The molecule has 3 amide bonds. The van der Waals surface area contributed by atoms with E-state index in [0.29, 0.717) is 19.1 Å². The van der Waals surface area contributed by atoms with Crippen molar-refractivity contribution in [2.45, 2.75) is 19.8 Å². The van der Waals surface area contributed by atoms with E-state index in [1.54, 1.807) is 7.11 Å². The number of carbonyl (C=O) groups is 2. The van der Waals surface area contributed by atoms with Crippen molar-refractivity contribution in [3.8, 4) is 0 Å². The third kappa shape index (κ3) is 6.76. The largest absolute Gasteiger partial charge is 0.383 e. The van der Waals surface area contributed by atoms with Gasteiger partial charge in [0.1, 0.15) is 0 Å². The van der Waals surface area contributed by atoms with Gasteiger partial charge in [-0.25, -0.2) is 4.79 Å². The Labute approximate surface area is 125 Å². The Hall–Kier alpha value is -2.08. The van der Waals surface area contributed by atoms with E-state index < -0.39 is 11.9 Å². The Morgan fingerprint density at radius 2 is 1.86 bits per heavy atom. The topological polar surface area (TPSA) is 79.5 Å². The lowest BCUT2D eigenvalue weighted by atomic mass is 10.0. The Morgan fingerprint density at radius 3 is 2.43 bits per heavy atom. The molecular formula is C15H23N3O3. The van der Waals surface area contributed by atoms with Crippen molar-refractivity contribution < 1.29 is 14.3 Å². The number of carbonyl (C=O) groups excluding carboxylic acids is 2. The number of hydrogen-bond donors (Lipinski definition) is 3. The Morgan fingerprint density at radius 1 is 1.19 bits per heavy atom. The molecule has 0 spiro atoms. The fourth-order valence-electron chi connectivity index (χ4n) is 1.65. The van der Waals surface area contributed by atoms with Gasteiger partial charge in [0.15, 0.2) is 0 Å². The van der Waals surface area contributed by atoms with Crippen molar-refractivity contribution in [3.05, 3.63) is 29.8 Å². The van der Waals surface area contributed by atoms with Crippen molar-refractivity contribution in [2.24, 2.45) is 0 Å². The number of hydrogen-bond acceptors (Lipinski definition) is 4. The average Bonchev–Trinajstić information content (AvgIpc) is 2.46. The van der Waals surface area contributed by atoms with Crippen LogP contribution in [0.25, 0.3) is 0 Å². The summed E-state index contributed by atoms with van der Waals surface area (Å²) in [4.78, 5) is 22.9. The number of rotatable bonds is 7. The molecule has 0 heterocycles. The second-order valence-corrected chi connectivity index (χ2v) is 4.93. The Balaban J connectivity index is 2.30. The summed E-state index contributed by atoms with van der Waals surface area (Å²) in [5.41, 5.74) is 2.08. The number of imide groups is 1. The quantitative estimate of drug-likeness (QED) is 0.668. The van der Waals surface area contributed by atoms with E-state index in [4.69, 9.17) is 4.74 Å². The number of urea groups is 1. The molecule has 6 heteroatoms. The molecule has 6 nitrogen and oxygen atoms in total. The molecule has 0 unspecified atom stereocenters. The summed E-state index contributed by atoms with van der Waals surface area (Å²) in [6.45, 7) is 5.05. The molecule has 0 atom stereocenters. The molecule has 0 bridgehead atoms. The summed E-state index contributed by atoms with van der Waals surface area (Å²) in [6, 6.07) is 7.35. The molecule has 21 heavy (non-hydrogen) atoms. The highest BCUT2D eigenvalue weighted by molar-refractivity contribution is 5.96. The third-order valence-corrected chi connectivity index (χ3v) is 2.88. The van der Waals surface area contributed by atoms with Gasteiger partial charge in [-0.2, -0.15) is 0 Å². The number of amides is 3. The van der Waals surface area contributed by atoms with Gasteiger partial charge in [0.25, 0.3) is 0 Å². The van der Waals surface area contributed by atoms with E-state index in [9.17, 15) is 9.59 Å². The van der Waals surface area contributed by atoms with Gasteiger partial charge in [-0.05, 0) is 23.6 Å². The zero-order valence-corrected chi connectivity index (χ0v) is 12.7. The SMILES string of the molecule is COCCNC(=O)NC(=O)CNc1ccc(C(C)C)cc1. The molecular weight excluding hydrogens is 270 g/mol. The highest BCUT2D eigenvalue weighted by atomic mass is 16.5. The van der Waals surface area contributed by atoms with Gasteiger partial charge in [0.2, 0.25) is 5.91 Å². The zero-order chi connectivity index (χ0) is 15.7. The summed E-state index contributed by atoms with van der Waals surface area (Å²) in [7, 11) is 1.54. The average molecular weight is 293 g/mol. The fourth-order valence-corrected chi connectivity index (χ4v) is 1.65. The summed E-state index contributed by atoms with van der Waals surface area (Å²) >= 11 is 0. The first kappa shape index (κ1) is 17.0. The molecule has 3 N–H and O–H groups in total. The molecule has 0 fully saturated rings. The van der Waals surface area contributed by atoms with Crippen LogP contribution in [0.5, 0.6) is 0 Å². The molecule has 116 valence electrons. The summed E-state index contributed by atoms with van der Waals surface area (Å²) in [5.74, 6) is 0.0796. The minimum Gasteiger partial charge on any atom is -0.383 e. The van der Waals surface area contributed by atoms with Crippen molar-refractivity contribution in [3.63, 3.8) is 0 Å². The number of nitrogens with one attached hydrogen (secondary N) is 3. The first-order valence-electron chi connectivity index (χ1n) is 6.93. The van der Waals surface area contributed by atoms with Crippen LogP contribution in [0.1, 0.15) is 25.3 Å².